The Morgan fingerprint density at radius 1 is 1.31 bits per heavy atom. The van der Waals surface area contributed by atoms with Crippen LogP contribution in [-0.2, 0) is 19.1 Å². The van der Waals surface area contributed by atoms with Crippen molar-refractivity contribution in [2.75, 3.05) is 40.0 Å². The normalized spacial score (nSPS) is 10.1. The molecule has 0 atom stereocenters. The fourth-order valence-electron chi connectivity index (χ4n) is 1.12. The van der Waals surface area contributed by atoms with Gasteiger partial charge < -0.3 is 19.5 Å². The highest BCUT2D eigenvalue weighted by Crippen LogP contribution is 1.96. The third kappa shape index (κ3) is 7.19. The van der Waals surface area contributed by atoms with Crippen LogP contribution in [-0.4, -0.2) is 61.9 Å². The molecule has 1 amide bonds. The molecule has 1 N–H and O–H groups in total. The maximum atomic E-state index is 11.6. The summed E-state index contributed by atoms with van der Waals surface area (Å²) in [5.41, 5.74) is 0. The number of hydrogen-bond acceptors (Lipinski definition) is 4. The number of carbonyl (C=O) groups is 2. The fourth-order valence-corrected chi connectivity index (χ4v) is 1.12. The Labute approximate surface area is 95.1 Å². The van der Waals surface area contributed by atoms with Gasteiger partial charge >= 0.3 is 5.97 Å². The average molecular weight is 233 g/mol. The van der Waals surface area contributed by atoms with Crippen LogP contribution in [0.4, 0.5) is 0 Å². The van der Waals surface area contributed by atoms with Gasteiger partial charge in [0.15, 0.2) is 0 Å². The number of carbonyl (C=O) groups excluding carboxylic acids is 1. The number of hydrogen-bond donors (Lipinski definition) is 1. The van der Waals surface area contributed by atoms with Crippen molar-refractivity contribution in [2.45, 2.75) is 13.3 Å². The van der Waals surface area contributed by atoms with Crippen molar-refractivity contribution in [3.05, 3.63) is 0 Å². The van der Waals surface area contributed by atoms with Crippen LogP contribution in [0.5, 0.6) is 0 Å². The van der Waals surface area contributed by atoms with Gasteiger partial charge in [-0.1, -0.05) is 0 Å². The molecule has 94 valence electrons. The van der Waals surface area contributed by atoms with Gasteiger partial charge in [0.25, 0.3) is 0 Å². The van der Waals surface area contributed by atoms with E-state index in [1.165, 1.54) is 12.0 Å². The minimum Gasteiger partial charge on any atom is -0.480 e. The van der Waals surface area contributed by atoms with Crippen molar-refractivity contribution in [3.63, 3.8) is 0 Å². The van der Waals surface area contributed by atoms with Gasteiger partial charge in [-0.15, -0.1) is 0 Å². The second-order valence-electron chi connectivity index (χ2n) is 3.15. The second-order valence-corrected chi connectivity index (χ2v) is 3.15. The zero-order valence-electron chi connectivity index (χ0n) is 9.77. The highest BCUT2D eigenvalue weighted by atomic mass is 16.5. The van der Waals surface area contributed by atoms with E-state index in [-0.39, 0.29) is 25.4 Å². The molecule has 0 aromatic carbocycles. The van der Waals surface area contributed by atoms with E-state index >= 15 is 0 Å². The van der Waals surface area contributed by atoms with Gasteiger partial charge in [-0.25, -0.2) is 0 Å². The van der Waals surface area contributed by atoms with Crippen molar-refractivity contribution in [3.8, 4) is 0 Å². The van der Waals surface area contributed by atoms with Crippen LogP contribution in [0.15, 0.2) is 0 Å². The number of nitrogens with zero attached hydrogens (tertiary/aromatic N) is 1. The molecule has 0 aromatic heterocycles. The number of aliphatic carboxylic acids is 1. The van der Waals surface area contributed by atoms with Crippen molar-refractivity contribution in [1.82, 2.24) is 4.90 Å². The summed E-state index contributed by atoms with van der Waals surface area (Å²) in [6, 6.07) is 0. The van der Waals surface area contributed by atoms with Crippen LogP contribution in [0.1, 0.15) is 13.3 Å². The SMILES string of the molecule is CCOCCC(=O)N(CCOC)CC(=O)O. The zero-order chi connectivity index (χ0) is 12.4. The highest BCUT2D eigenvalue weighted by Gasteiger charge is 2.15. The first kappa shape index (κ1) is 14.9. The smallest absolute Gasteiger partial charge is 0.323 e. The van der Waals surface area contributed by atoms with Crippen LogP contribution < -0.4 is 0 Å². The molecule has 0 rings (SSSR count). The summed E-state index contributed by atoms with van der Waals surface area (Å²) in [6.07, 6.45) is 0.199. The van der Waals surface area contributed by atoms with E-state index in [1.807, 2.05) is 6.92 Å². The average Bonchev–Trinajstić information content (AvgIpc) is 2.23. The van der Waals surface area contributed by atoms with E-state index in [9.17, 15) is 9.59 Å². The van der Waals surface area contributed by atoms with E-state index in [4.69, 9.17) is 14.6 Å². The molecule has 0 aliphatic carbocycles. The molecule has 0 fully saturated rings. The van der Waals surface area contributed by atoms with Crippen LogP contribution >= 0.6 is 0 Å². The maximum absolute atomic E-state index is 11.6. The molecule has 0 saturated carbocycles. The van der Waals surface area contributed by atoms with Gasteiger partial charge in [-0.05, 0) is 6.92 Å². The third-order valence-electron chi connectivity index (χ3n) is 1.91. The number of amides is 1. The van der Waals surface area contributed by atoms with Crippen LogP contribution in [0.2, 0.25) is 0 Å². The summed E-state index contributed by atoms with van der Waals surface area (Å²) in [5, 5.41) is 8.64. The van der Waals surface area contributed by atoms with E-state index in [0.717, 1.165) is 0 Å². The molecule has 0 unspecified atom stereocenters. The standard InChI is InChI=1S/C10H19NO5/c1-3-16-6-4-9(12)11(5-7-15-2)8-10(13)14/h3-8H2,1-2H3,(H,13,14). The lowest BCUT2D eigenvalue weighted by molar-refractivity contribution is -0.145. The van der Waals surface area contributed by atoms with Gasteiger partial charge in [0, 0.05) is 20.3 Å². The molecule has 0 aliphatic rings. The lowest BCUT2D eigenvalue weighted by Crippen LogP contribution is -2.38. The van der Waals surface area contributed by atoms with Crippen molar-refractivity contribution in [1.29, 1.82) is 0 Å². The maximum Gasteiger partial charge on any atom is 0.323 e. The molecule has 6 nitrogen and oxygen atoms in total. The predicted molar refractivity (Wildman–Crippen MR) is 57.2 cm³/mol. The topological polar surface area (TPSA) is 76.1 Å². The number of methoxy groups -OCH3 is 1. The Morgan fingerprint density at radius 2 is 2.00 bits per heavy atom. The summed E-state index contributed by atoms with van der Waals surface area (Å²) < 4.78 is 9.85. The van der Waals surface area contributed by atoms with E-state index in [0.29, 0.717) is 19.8 Å². The highest BCUT2D eigenvalue weighted by molar-refractivity contribution is 5.81. The van der Waals surface area contributed by atoms with E-state index in [1.54, 1.807) is 0 Å². The Kier molecular flexibility index (Phi) is 8.46. The monoisotopic (exact) mass is 233 g/mol. The Bertz CT molecular complexity index is 219. The van der Waals surface area contributed by atoms with Gasteiger partial charge in [0.05, 0.1) is 19.6 Å². The summed E-state index contributed by atoms with van der Waals surface area (Å²) in [7, 11) is 1.50. The first-order valence-corrected chi connectivity index (χ1v) is 5.18. The van der Waals surface area contributed by atoms with Gasteiger partial charge in [-0.3, -0.25) is 9.59 Å². The van der Waals surface area contributed by atoms with Crippen LogP contribution in [0, 0.1) is 0 Å². The van der Waals surface area contributed by atoms with Crippen LogP contribution in [0.3, 0.4) is 0 Å². The lowest BCUT2D eigenvalue weighted by Gasteiger charge is -2.20. The first-order valence-electron chi connectivity index (χ1n) is 5.18. The van der Waals surface area contributed by atoms with Crippen molar-refractivity contribution in [2.24, 2.45) is 0 Å². The van der Waals surface area contributed by atoms with Crippen LogP contribution in [0.25, 0.3) is 0 Å². The quantitative estimate of drug-likeness (QED) is 0.566. The number of carboxylic acid groups (broad SMARTS) is 1. The molecule has 0 aliphatic heterocycles. The molecule has 0 bridgehead atoms. The largest absolute Gasteiger partial charge is 0.480 e. The predicted octanol–water partition coefficient (Wildman–Crippen LogP) is -0.0274. The molecule has 0 radical (unpaired) electrons. The Morgan fingerprint density at radius 3 is 2.50 bits per heavy atom. The van der Waals surface area contributed by atoms with E-state index < -0.39 is 5.97 Å². The van der Waals surface area contributed by atoms with Gasteiger partial charge in [0.1, 0.15) is 6.54 Å². The summed E-state index contributed by atoms with van der Waals surface area (Å²) in [6.45, 7) is 3.02. The van der Waals surface area contributed by atoms with Crippen molar-refractivity contribution >= 4 is 11.9 Å². The minimum absolute atomic E-state index is 0.199. The van der Waals surface area contributed by atoms with Crippen molar-refractivity contribution < 1.29 is 24.2 Å². The zero-order valence-corrected chi connectivity index (χ0v) is 9.77. The molecule has 0 saturated heterocycles. The van der Waals surface area contributed by atoms with E-state index in [2.05, 4.69) is 0 Å². The number of rotatable bonds is 9. The Hall–Kier alpha value is -1.14. The second kappa shape index (κ2) is 9.11. The molecular formula is C10H19NO5. The Balaban J connectivity index is 4.04. The number of ether oxygens (including phenoxy) is 2. The van der Waals surface area contributed by atoms with Gasteiger partial charge in [-0.2, -0.15) is 0 Å². The molecule has 16 heavy (non-hydrogen) atoms. The first-order chi connectivity index (χ1) is 7.61. The lowest BCUT2D eigenvalue weighted by atomic mass is 10.3. The molecule has 6 heteroatoms. The minimum atomic E-state index is -1.03. The fraction of sp³-hybridized carbons (Fsp3) is 0.800. The summed E-state index contributed by atoms with van der Waals surface area (Å²) in [5.74, 6) is -1.26. The molecule has 0 spiro atoms. The summed E-state index contributed by atoms with van der Waals surface area (Å²) in [4.78, 5) is 23.4. The molecular weight excluding hydrogens is 214 g/mol. The molecule has 0 heterocycles. The molecule has 0 aromatic rings. The third-order valence-corrected chi connectivity index (χ3v) is 1.91. The van der Waals surface area contributed by atoms with Gasteiger partial charge in [0.2, 0.25) is 5.91 Å². The number of carboxylic acids is 1. The summed E-state index contributed by atoms with van der Waals surface area (Å²) >= 11 is 0.